The summed E-state index contributed by atoms with van der Waals surface area (Å²) in [7, 11) is 0. The first-order chi connectivity index (χ1) is 9.99. The Morgan fingerprint density at radius 3 is 2.43 bits per heavy atom. The summed E-state index contributed by atoms with van der Waals surface area (Å²) in [6.45, 7) is 2.39. The van der Waals surface area contributed by atoms with Gasteiger partial charge in [0.2, 0.25) is 5.91 Å². The number of urea groups is 1. The Kier molecular flexibility index (Phi) is 6.94. The minimum Gasteiger partial charge on any atom is -0.481 e. The maximum atomic E-state index is 11.5. The SMILES string of the molecule is CC(CNC(=O)NC(=O)CCCC(=O)O)c1ccccc1. The fourth-order valence-electron chi connectivity index (χ4n) is 1.78. The van der Waals surface area contributed by atoms with Crippen molar-refractivity contribution in [1.82, 2.24) is 10.6 Å². The van der Waals surface area contributed by atoms with E-state index in [9.17, 15) is 14.4 Å². The molecular weight excluding hydrogens is 272 g/mol. The fourth-order valence-corrected chi connectivity index (χ4v) is 1.78. The molecule has 0 radical (unpaired) electrons. The van der Waals surface area contributed by atoms with E-state index in [1.165, 1.54) is 0 Å². The van der Waals surface area contributed by atoms with Crippen LogP contribution in [0.2, 0.25) is 0 Å². The van der Waals surface area contributed by atoms with Gasteiger partial charge in [0.15, 0.2) is 0 Å². The number of nitrogens with one attached hydrogen (secondary N) is 2. The topological polar surface area (TPSA) is 95.5 Å². The third-order valence-corrected chi connectivity index (χ3v) is 2.98. The van der Waals surface area contributed by atoms with E-state index >= 15 is 0 Å². The summed E-state index contributed by atoms with van der Waals surface area (Å²) in [4.78, 5) is 33.2. The predicted octanol–water partition coefficient (Wildman–Crippen LogP) is 1.87. The molecule has 0 aliphatic heterocycles. The Balaban J connectivity index is 2.24. The lowest BCUT2D eigenvalue weighted by atomic mass is 10.0. The van der Waals surface area contributed by atoms with E-state index in [2.05, 4.69) is 10.6 Å². The molecule has 1 aromatic rings. The number of rotatable bonds is 7. The third kappa shape index (κ3) is 7.10. The number of benzene rings is 1. The highest BCUT2D eigenvalue weighted by atomic mass is 16.4. The van der Waals surface area contributed by atoms with E-state index in [0.717, 1.165) is 5.56 Å². The zero-order valence-electron chi connectivity index (χ0n) is 12.0. The van der Waals surface area contributed by atoms with E-state index in [1.807, 2.05) is 37.3 Å². The van der Waals surface area contributed by atoms with Gasteiger partial charge >= 0.3 is 12.0 Å². The number of hydrogen-bond donors (Lipinski definition) is 3. The van der Waals surface area contributed by atoms with Crippen LogP contribution in [0.15, 0.2) is 30.3 Å². The van der Waals surface area contributed by atoms with Crippen LogP contribution in [0.5, 0.6) is 0 Å². The second-order valence-electron chi connectivity index (χ2n) is 4.82. The van der Waals surface area contributed by atoms with Crippen LogP contribution < -0.4 is 10.6 Å². The average molecular weight is 292 g/mol. The minimum absolute atomic E-state index is 0.0218. The van der Waals surface area contributed by atoms with Crippen molar-refractivity contribution in [2.24, 2.45) is 0 Å². The number of carbonyl (C=O) groups is 3. The summed E-state index contributed by atoms with van der Waals surface area (Å²) in [5, 5.41) is 13.3. The number of aliphatic carboxylic acids is 1. The molecule has 1 atom stereocenters. The summed E-state index contributed by atoms with van der Waals surface area (Å²) < 4.78 is 0. The maximum Gasteiger partial charge on any atom is 0.321 e. The number of hydrogen-bond acceptors (Lipinski definition) is 3. The smallest absolute Gasteiger partial charge is 0.321 e. The second kappa shape index (κ2) is 8.73. The molecular formula is C15H20N2O4. The number of carboxylic acid groups (broad SMARTS) is 1. The van der Waals surface area contributed by atoms with Gasteiger partial charge in [-0.2, -0.15) is 0 Å². The van der Waals surface area contributed by atoms with Gasteiger partial charge in [0.25, 0.3) is 0 Å². The Hall–Kier alpha value is -2.37. The monoisotopic (exact) mass is 292 g/mol. The number of imide groups is 1. The molecule has 0 aliphatic rings. The fraction of sp³-hybridized carbons (Fsp3) is 0.400. The van der Waals surface area contributed by atoms with Gasteiger partial charge in [-0.15, -0.1) is 0 Å². The molecule has 0 heterocycles. The molecule has 3 amide bonds. The van der Waals surface area contributed by atoms with Gasteiger partial charge in [-0.1, -0.05) is 37.3 Å². The first-order valence-corrected chi connectivity index (χ1v) is 6.83. The Morgan fingerprint density at radius 1 is 1.14 bits per heavy atom. The van der Waals surface area contributed by atoms with Crippen molar-refractivity contribution in [3.8, 4) is 0 Å². The summed E-state index contributed by atoms with van der Waals surface area (Å²) >= 11 is 0. The molecule has 1 unspecified atom stereocenters. The highest BCUT2D eigenvalue weighted by molar-refractivity contribution is 5.94. The number of carbonyl (C=O) groups excluding carboxylic acids is 2. The molecule has 6 nitrogen and oxygen atoms in total. The molecule has 0 fully saturated rings. The van der Waals surface area contributed by atoms with Crippen LogP contribution in [0.4, 0.5) is 4.79 Å². The molecule has 0 aliphatic carbocycles. The van der Waals surface area contributed by atoms with E-state index < -0.39 is 17.9 Å². The Morgan fingerprint density at radius 2 is 1.81 bits per heavy atom. The van der Waals surface area contributed by atoms with Crippen LogP contribution in [0.25, 0.3) is 0 Å². The molecule has 114 valence electrons. The van der Waals surface area contributed by atoms with Crippen molar-refractivity contribution in [2.45, 2.75) is 32.1 Å². The summed E-state index contributed by atoms with van der Waals surface area (Å²) in [5.41, 5.74) is 1.10. The van der Waals surface area contributed by atoms with E-state index in [1.54, 1.807) is 0 Å². The summed E-state index contributed by atoms with van der Waals surface area (Å²) in [6.07, 6.45) is 0.156. The van der Waals surface area contributed by atoms with Crippen molar-refractivity contribution >= 4 is 17.9 Å². The molecule has 0 bridgehead atoms. The van der Waals surface area contributed by atoms with Crippen LogP contribution in [-0.4, -0.2) is 29.6 Å². The molecule has 0 saturated heterocycles. The Labute approximate surface area is 123 Å². The Bertz CT molecular complexity index is 488. The lowest BCUT2D eigenvalue weighted by molar-refractivity contribution is -0.137. The van der Waals surface area contributed by atoms with Crippen molar-refractivity contribution in [1.29, 1.82) is 0 Å². The van der Waals surface area contributed by atoms with Crippen molar-refractivity contribution in [3.63, 3.8) is 0 Å². The zero-order chi connectivity index (χ0) is 15.7. The number of amides is 3. The van der Waals surface area contributed by atoms with Crippen LogP contribution in [0.3, 0.4) is 0 Å². The lowest BCUT2D eigenvalue weighted by Gasteiger charge is -2.13. The van der Waals surface area contributed by atoms with Gasteiger partial charge in [-0.25, -0.2) is 4.79 Å². The van der Waals surface area contributed by atoms with Gasteiger partial charge in [0.1, 0.15) is 0 Å². The third-order valence-electron chi connectivity index (χ3n) is 2.98. The second-order valence-corrected chi connectivity index (χ2v) is 4.82. The van der Waals surface area contributed by atoms with E-state index in [4.69, 9.17) is 5.11 Å². The summed E-state index contributed by atoms with van der Waals surface area (Å²) in [5.74, 6) is -1.29. The van der Waals surface area contributed by atoms with Gasteiger partial charge in [-0.05, 0) is 17.9 Å². The van der Waals surface area contributed by atoms with Gasteiger partial charge in [0, 0.05) is 19.4 Å². The highest BCUT2D eigenvalue weighted by Crippen LogP contribution is 2.12. The normalized spacial score (nSPS) is 11.5. The van der Waals surface area contributed by atoms with Crippen LogP contribution in [0, 0.1) is 0 Å². The molecule has 1 rings (SSSR count). The molecule has 1 aromatic carbocycles. The zero-order valence-corrected chi connectivity index (χ0v) is 12.0. The molecule has 0 spiro atoms. The van der Waals surface area contributed by atoms with Crippen molar-refractivity contribution < 1.29 is 19.5 Å². The highest BCUT2D eigenvalue weighted by Gasteiger charge is 2.10. The first-order valence-electron chi connectivity index (χ1n) is 6.83. The molecule has 21 heavy (non-hydrogen) atoms. The lowest BCUT2D eigenvalue weighted by Crippen LogP contribution is -2.40. The van der Waals surface area contributed by atoms with Gasteiger partial charge < -0.3 is 10.4 Å². The van der Waals surface area contributed by atoms with Crippen molar-refractivity contribution in [3.05, 3.63) is 35.9 Å². The molecule has 0 saturated carbocycles. The summed E-state index contributed by atoms with van der Waals surface area (Å²) in [6, 6.07) is 9.17. The van der Waals surface area contributed by atoms with Crippen LogP contribution >= 0.6 is 0 Å². The van der Waals surface area contributed by atoms with E-state index in [0.29, 0.717) is 6.54 Å². The first kappa shape index (κ1) is 16.7. The molecule has 0 aromatic heterocycles. The molecule has 6 heteroatoms. The number of carboxylic acids is 1. The average Bonchev–Trinajstić information content (AvgIpc) is 2.45. The minimum atomic E-state index is -0.955. The van der Waals surface area contributed by atoms with Crippen LogP contribution in [0.1, 0.15) is 37.7 Å². The van der Waals surface area contributed by atoms with Gasteiger partial charge in [-0.3, -0.25) is 14.9 Å². The molecule has 3 N–H and O–H groups in total. The van der Waals surface area contributed by atoms with Gasteiger partial charge in [0.05, 0.1) is 0 Å². The largest absolute Gasteiger partial charge is 0.481 e. The predicted molar refractivity (Wildman–Crippen MR) is 77.9 cm³/mol. The van der Waals surface area contributed by atoms with Crippen molar-refractivity contribution in [2.75, 3.05) is 6.54 Å². The quantitative estimate of drug-likeness (QED) is 0.715. The van der Waals surface area contributed by atoms with E-state index in [-0.39, 0.29) is 25.2 Å². The van der Waals surface area contributed by atoms with Crippen LogP contribution in [-0.2, 0) is 9.59 Å². The standard InChI is InChI=1S/C15H20N2O4/c1-11(12-6-3-2-4-7-12)10-16-15(21)17-13(18)8-5-9-14(19)20/h2-4,6-7,11H,5,8-10H2,1H3,(H,19,20)(H2,16,17,18,21). The maximum absolute atomic E-state index is 11.5.